The molecule has 1 saturated heterocycles. The molecule has 198 valence electrons. The molecular formula is C30H31FN8. The van der Waals surface area contributed by atoms with Crippen LogP contribution in [0.3, 0.4) is 0 Å². The Morgan fingerprint density at radius 2 is 1.92 bits per heavy atom. The van der Waals surface area contributed by atoms with Gasteiger partial charge in [-0.2, -0.15) is 5.10 Å². The summed E-state index contributed by atoms with van der Waals surface area (Å²) in [7, 11) is 0. The van der Waals surface area contributed by atoms with Crippen molar-refractivity contribution in [2.75, 3.05) is 32.7 Å². The van der Waals surface area contributed by atoms with Crippen LogP contribution in [0.5, 0.6) is 0 Å². The smallest absolute Gasteiger partial charge is 0.159 e. The molecule has 7 rings (SSSR count). The van der Waals surface area contributed by atoms with E-state index in [2.05, 4.69) is 53.6 Å². The fourth-order valence-corrected chi connectivity index (χ4v) is 5.85. The van der Waals surface area contributed by atoms with Crippen molar-refractivity contribution in [1.29, 1.82) is 0 Å². The summed E-state index contributed by atoms with van der Waals surface area (Å²) in [4.78, 5) is 19.9. The molecule has 0 unspecified atom stereocenters. The Morgan fingerprint density at radius 1 is 1.00 bits per heavy atom. The van der Waals surface area contributed by atoms with Gasteiger partial charge in [-0.15, -0.1) is 0 Å². The lowest BCUT2D eigenvalue weighted by molar-refractivity contribution is 0.334. The van der Waals surface area contributed by atoms with Crippen molar-refractivity contribution in [1.82, 2.24) is 40.3 Å². The lowest BCUT2D eigenvalue weighted by Gasteiger charge is -2.14. The average molecular weight is 523 g/mol. The van der Waals surface area contributed by atoms with E-state index in [-0.39, 0.29) is 5.82 Å². The zero-order chi connectivity index (χ0) is 26.2. The maximum Gasteiger partial charge on any atom is 0.159 e. The summed E-state index contributed by atoms with van der Waals surface area (Å²) in [6.07, 6.45) is 12.9. The molecule has 6 heterocycles. The average Bonchev–Trinajstić information content (AvgIpc) is 3.72. The first-order chi connectivity index (χ1) is 19.2. The van der Waals surface area contributed by atoms with Crippen molar-refractivity contribution in [3.63, 3.8) is 0 Å². The fraction of sp³-hybridized carbons (Fsp3) is 0.333. The second-order valence-electron chi connectivity index (χ2n) is 10.5. The summed E-state index contributed by atoms with van der Waals surface area (Å²) < 4.78 is 14.7. The molecule has 0 spiro atoms. The number of nitrogens with zero attached hydrogens (tertiary/aromatic N) is 5. The predicted molar refractivity (Wildman–Crippen MR) is 152 cm³/mol. The molecule has 3 N–H and O–H groups in total. The van der Waals surface area contributed by atoms with Crippen molar-refractivity contribution < 1.29 is 4.39 Å². The molecule has 1 aromatic carbocycles. The Hall–Kier alpha value is -3.95. The van der Waals surface area contributed by atoms with E-state index in [4.69, 9.17) is 4.98 Å². The Balaban J connectivity index is 1.22. The molecule has 0 atom stereocenters. The number of imidazole rings is 1. The third-order valence-corrected chi connectivity index (χ3v) is 7.87. The molecule has 0 aliphatic carbocycles. The van der Waals surface area contributed by atoms with E-state index in [1.165, 1.54) is 31.5 Å². The first-order valence-corrected chi connectivity index (χ1v) is 13.8. The third kappa shape index (κ3) is 4.84. The van der Waals surface area contributed by atoms with Gasteiger partial charge in [-0.1, -0.05) is 12.1 Å². The number of hydrogen-bond acceptors (Lipinski definition) is 6. The van der Waals surface area contributed by atoms with Crippen LogP contribution >= 0.6 is 0 Å². The van der Waals surface area contributed by atoms with Gasteiger partial charge in [-0.3, -0.25) is 15.1 Å². The van der Waals surface area contributed by atoms with Gasteiger partial charge in [0.1, 0.15) is 11.5 Å². The van der Waals surface area contributed by atoms with Crippen LogP contribution in [0.25, 0.3) is 50.2 Å². The highest BCUT2D eigenvalue weighted by molar-refractivity contribution is 5.97. The van der Waals surface area contributed by atoms with Crippen LogP contribution < -0.4 is 5.32 Å². The van der Waals surface area contributed by atoms with Gasteiger partial charge < -0.3 is 15.2 Å². The minimum absolute atomic E-state index is 0.234. The zero-order valence-electron chi connectivity index (χ0n) is 21.8. The van der Waals surface area contributed by atoms with Gasteiger partial charge in [0.25, 0.3) is 0 Å². The van der Waals surface area contributed by atoms with Gasteiger partial charge in [-0.25, -0.2) is 9.37 Å². The van der Waals surface area contributed by atoms with E-state index >= 15 is 0 Å². The molecule has 0 amide bonds. The number of aromatic nitrogens is 6. The lowest BCUT2D eigenvalue weighted by atomic mass is 10.0. The minimum atomic E-state index is -0.234. The number of pyridine rings is 2. The van der Waals surface area contributed by atoms with Crippen LogP contribution in [0.2, 0.25) is 0 Å². The molecular weight excluding hydrogens is 491 g/mol. The highest BCUT2D eigenvalue weighted by Crippen LogP contribution is 2.32. The lowest BCUT2D eigenvalue weighted by Crippen LogP contribution is -2.20. The molecule has 1 fully saturated rings. The van der Waals surface area contributed by atoms with E-state index in [9.17, 15) is 4.39 Å². The number of aromatic amines is 2. The maximum absolute atomic E-state index is 14.7. The number of benzene rings is 1. The quantitative estimate of drug-likeness (QED) is 0.275. The molecule has 5 aromatic rings. The van der Waals surface area contributed by atoms with E-state index in [1.807, 2.05) is 6.20 Å². The summed E-state index contributed by atoms with van der Waals surface area (Å²) in [5.74, 6) is 0.408. The summed E-state index contributed by atoms with van der Waals surface area (Å²) >= 11 is 0. The van der Waals surface area contributed by atoms with Crippen molar-refractivity contribution in [3.05, 3.63) is 66.0 Å². The summed E-state index contributed by atoms with van der Waals surface area (Å²) in [6.45, 7) is 5.23. The second-order valence-corrected chi connectivity index (χ2v) is 10.5. The number of likely N-dealkylation sites (tertiary alicyclic amines) is 1. The first kappa shape index (κ1) is 24.1. The highest BCUT2D eigenvalue weighted by Gasteiger charge is 2.18. The molecule has 0 saturated carbocycles. The van der Waals surface area contributed by atoms with Gasteiger partial charge in [0.2, 0.25) is 0 Å². The monoisotopic (exact) mass is 522 g/mol. The van der Waals surface area contributed by atoms with Crippen LogP contribution in [0, 0.1) is 5.82 Å². The topological polar surface area (TPSA) is 98.4 Å². The Morgan fingerprint density at radius 3 is 2.79 bits per heavy atom. The van der Waals surface area contributed by atoms with Crippen LogP contribution in [-0.2, 0) is 6.42 Å². The first-order valence-electron chi connectivity index (χ1n) is 13.8. The summed E-state index contributed by atoms with van der Waals surface area (Å²) in [6, 6.07) is 7.38. The van der Waals surface area contributed by atoms with Crippen molar-refractivity contribution in [2.45, 2.75) is 32.1 Å². The van der Waals surface area contributed by atoms with Gasteiger partial charge in [0, 0.05) is 23.7 Å². The molecule has 8 nitrogen and oxygen atoms in total. The van der Waals surface area contributed by atoms with Crippen LogP contribution in [0.4, 0.5) is 4.39 Å². The number of rotatable bonds is 7. The van der Waals surface area contributed by atoms with Crippen LogP contribution in [-0.4, -0.2) is 67.8 Å². The normalized spacial score (nSPS) is 16.4. The molecule has 39 heavy (non-hydrogen) atoms. The largest absolute Gasteiger partial charge is 0.335 e. The zero-order valence-corrected chi connectivity index (χ0v) is 21.8. The van der Waals surface area contributed by atoms with E-state index in [0.29, 0.717) is 5.82 Å². The van der Waals surface area contributed by atoms with Crippen LogP contribution in [0.15, 0.2) is 48.9 Å². The van der Waals surface area contributed by atoms with E-state index in [0.717, 1.165) is 88.9 Å². The molecule has 9 heteroatoms. The third-order valence-electron chi connectivity index (χ3n) is 7.87. The Kier molecular flexibility index (Phi) is 6.38. The van der Waals surface area contributed by atoms with Crippen molar-refractivity contribution in [3.8, 4) is 22.6 Å². The van der Waals surface area contributed by atoms with E-state index < -0.39 is 0 Å². The molecule has 2 aliphatic heterocycles. The molecule has 0 radical (unpaired) electrons. The molecule has 2 aliphatic rings. The number of aryl methyl sites for hydroxylation is 1. The van der Waals surface area contributed by atoms with Gasteiger partial charge >= 0.3 is 0 Å². The number of fused-ring (bicyclic) bond motifs is 2. The number of halogens is 1. The van der Waals surface area contributed by atoms with Crippen LogP contribution in [0.1, 0.15) is 36.9 Å². The fourth-order valence-electron chi connectivity index (χ4n) is 5.85. The highest BCUT2D eigenvalue weighted by atomic mass is 19.1. The van der Waals surface area contributed by atoms with Crippen molar-refractivity contribution >= 4 is 27.5 Å². The van der Waals surface area contributed by atoms with Gasteiger partial charge in [0.05, 0.1) is 34.6 Å². The predicted octanol–water partition coefficient (Wildman–Crippen LogP) is 5.11. The number of nitrogens with one attached hydrogen (secondary N) is 3. The molecule has 0 bridgehead atoms. The van der Waals surface area contributed by atoms with Gasteiger partial charge in [-0.05, 0) is 93.2 Å². The maximum atomic E-state index is 14.7. The Labute approximate surface area is 225 Å². The summed E-state index contributed by atoms with van der Waals surface area (Å²) in [5, 5.41) is 12.0. The molecule has 4 aromatic heterocycles. The van der Waals surface area contributed by atoms with Crippen molar-refractivity contribution in [2.24, 2.45) is 0 Å². The van der Waals surface area contributed by atoms with Gasteiger partial charge in [0.15, 0.2) is 5.82 Å². The summed E-state index contributed by atoms with van der Waals surface area (Å²) in [5.41, 5.74) is 7.91. The number of hydrogen-bond donors (Lipinski definition) is 3. The standard InChI is InChI=1S/C30H31FN8/c31-22-13-19(4-3-11-39-9-1-2-10-39)12-21(14-22)24-16-33-17-27-28(24)36-30(35-27)29-23-15-25(20-5-7-32-8-6-20)34-18-26(23)37-38-29/h5,12-18,32H,1-4,6-11H2,(H,35,36)(H,37,38). The minimum Gasteiger partial charge on any atom is -0.335 e. The second kappa shape index (κ2) is 10.3. The number of H-pyrrole nitrogens is 2. The Bertz CT molecular complexity index is 1680. The SMILES string of the molecule is Fc1cc(CCCN2CCCC2)cc(-c2cncc3[nH]c(-c4n[nH]c5cnc(C6=CCNCC6)cc45)nc23)c1. The van der Waals surface area contributed by atoms with E-state index in [1.54, 1.807) is 24.5 Å².